The van der Waals surface area contributed by atoms with Crippen LogP contribution in [0.15, 0.2) is 18.2 Å². The maximum atomic E-state index is 6.02. The summed E-state index contributed by atoms with van der Waals surface area (Å²) in [5.74, 6) is 1.44. The molecule has 1 aliphatic rings. The second-order valence-electron chi connectivity index (χ2n) is 4.57. The maximum absolute atomic E-state index is 6.02. The number of benzene rings is 1. The second kappa shape index (κ2) is 6.98. The number of hydrogen-bond donors (Lipinski definition) is 1. The molecule has 0 spiro atoms. The van der Waals surface area contributed by atoms with E-state index in [0.717, 1.165) is 55.7 Å². The fourth-order valence-corrected chi connectivity index (χ4v) is 2.20. The molecule has 1 aliphatic heterocycles. The molecule has 1 heterocycles. The standard InChI is InChI=1S/C14H20ClNO2/c1-2-16-8-12-7-13(15)3-4-14(12)18-10-11-5-6-17-9-11/h3-4,7,11,16H,2,5-6,8-10H2,1H3. The summed E-state index contributed by atoms with van der Waals surface area (Å²) >= 11 is 6.02. The highest BCUT2D eigenvalue weighted by atomic mass is 35.5. The van der Waals surface area contributed by atoms with Gasteiger partial charge in [0, 0.05) is 29.7 Å². The summed E-state index contributed by atoms with van der Waals surface area (Å²) in [6.07, 6.45) is 1.09. The van der Waals surface area contributed by atoms with Crippen LogP contribution in [0.3, 0.4) is 0 Å². The topological polar surface area (TPSA) is 30.5 Å². The van der Waals surface area contributed by atoms with Gasteiger partial charge in [-0.15, -0.1) is 0 Å². The van der Waals surface area contributed by atoms with E-state index in [4.69, 9.17) is 21.1 Å². The second-order valence-corrected chi connectivity index (χ2v) is 5.01. The molecule has 0 saturated carbocycles. The predicted molar refractivity (Wildman–Crippen MR) is 73.3 cm³/mol. The highest BCUT2D eigenvalue weighted by molar-refractivity contribution is 6.30. The molecule has 1 saturated heterocycles. The summed E-state index contributed by atoms with van der Waals surface area (Å²) < 4.78 is 11.2. The Morgan fingerprint density at radius 2 is 2.39 bits per heavy atom. The Labute approximate surface area is 113 Å². The van der Waals surface area contributed by atoms with E-state index < -0.39 is 0 Å². The van der Waals surface area contributed by atoms with Gasteiger partial charge in [-0.3, -0.25) is 0 Å². The Balaban J connectivity index is 1.96. The molecule has 0 amide bonds. The largest absolute Gasteiger partial charge is 0.493 e. The van der Waals surface area contributed by atoms with Crippen LogP contribution in [-0.2, 0) is 11.3 Å². The van der Waals surface area contributed by atoms with Crippen LogP contribution in [0.5, 0.6) is 5.75 Å². The molecule has 1 atom stereocenters. The van der Waals surface area contributed by atoms with Gasteiger partial charge in [0.2, 0.25) is 0 Å². The van der Waals surface area contributed by atoms with Crippen molar-refractivity contribution in [1.29, 1.82) is 0 Å². The van der Waals surface area contributed by atoms with E-state index in [9.17, 15) is 0 Å². The van der Waals surface area contributed by atoms with Crippen LogP contribution in [0.1, 0.15) is 18.9 Å². The van der Waals surface area contributed by atoms with E-state index >= 15 is 0 Å². The monoisotopic (exact) mass is 269 g/mol. The lowest BCUT2D eigenvalue weighted by Gasteiger charge is -2.14. The fourth-order valence-electron chi connectivity index (χ4n) is 2.01. The minimum Gasteiger partial charge on any atom is -0.493 e. The van der Waals surface area contributed by atoms with Crippen molar-refractivity contribution in [3.05, 3.63) is 28.8 Å². The first kappa shape index (κ1) is 13.7. The lowest BCUT2D eigenvalue weighted by atomic mass is 10.1. The molecular weight excluding hydrogens is 250 g/mol. The minimum atomic E-state index is 0.521. The van der Waals surface area contributed by atoms with E-state index in [2.05, 4.69) is 12.2 Å². The molecule has 1 aromatic carbocycles. The molecule has 100 valence electrons. The lowest BCUT2D eigenvalue weighted by Crippen LogP contribution is -2.15. The first-order valence-electron chi connectivity index (χ1n) is 6.49. The van der Waals surface area contributed by atoms with Crippen LogP contribution in [0.2, 0.25) is 5.02 Å². The Hall–Kier alpha value is -0.770. The molecule has 4 heteroatoms. The number of nitrogens with one attached hydrogen (secondary N) is 1. The average molecular weight is 270 g/mol. The lowest BCUT2D eigenvalue weighted by molar-refractivity contribution is 0.166. The maximum Gasteiger partial charge on any atom is 0.123 e. The molecule has 1 unspecified atom stereocenters. The smallest absolute Gasteiger partial charge is 0.123 e. The highest BCUT2D eigenvalue weighted by Gasteiger charge is 2.16. The Morgan fingerprint density at radius 1 is 1.50 bits per heavy atom. The summed E-state index contributed by atoms with van der Waals surface area (Å²) in [6, 6.07) is 5.78. The van der Waals surface area contributed by atoms with Crippen LogP contribution >= 0.6 is 11.6 Å². The summed E-state index contributed by atoms with van der Waals surface area (Å²) in [4.78, 5) is 0. The van der Waals surface area contributed by atoms with Gasteiger partial charge in [-0.2, -0.15) is 0 Å². The number of rotatable bonds is 6. The van der Waals surface area contributed by atoms with Crippen molar-refractivity contribution in [2.75, 3.05) is 26.4 Å². The van der Waals surface area contributed by atoms with Gasteiger partial charge in [0.25, 0.3) is 0 Å². The van der Waals surface area contributed by atoms with E-state index in [0.29, 0.717) is 5.92 Å². The van der Waals surface area contributed by atoms with Gasteiger partial charge >= 0.3 is 0 Å². The van der Waals surface area contributed by atoms with Gasteiger partial charge in [0.1, 0.15) is 5.75 Å². The van der Waals surface area contributed by atoms with Crippen LogP contribution in [0, 0.1) is 5.92 Å². The van der Waals surface area contributed by atoms with Crippen molar-refractivity contribution in [2.24, 2.45) is 5.92 Å². The van der Waals surface area contributed by atoms with Gasteiger partial charge in [-0.1, -0.05) is 18.5 Å². The minimum absolute atomic E-state index is 0.521. The molecule has 0 aromatic heterocycles. The zero-order valence-electron chi connectivity index (χ0n) is 10.7. The zero-order chi connectivity index (χ0) is 12.8. The number of hydrogen-bond acceptors (Lipinski definition) is 3. The van der Waals surface area contributed by atoms with E-state index in [1.165, 1.54) is 0 Å². The van der Waals surface area contributed by atoms with Gasteiger partial charge in [-0.25, -0.2) is 0 Å². The van der Waals surface area contributed by atoms with Crippen molar-refractivity contribution in [1.82, 2.24) is 5.32 Å². The predicted octanol–water partition coefficient (Wildman–Crippen LogP) is 2.86. The Kier molecular flexibility index (Phi) is 5.29. The molecule has 0 bridgehead atoms. The third kappa shape index (κ3) is 3.87. The van der Waals surface area contributed by atoms with Crippen LogP contribution < -0.4 is 10.1 Å². The quantitative estimate of drug-likeness (QED) is 0.861. The number of ether oxygens (including phenoxy) is 2. The van der Waals surface area contributed by atoms with Crippen LogP contribution in [-0.4, -0.2) is 26.4 Å². The van der Waals surface area contributed by atoms with Gasteiger partial charge in [-0.05, 0) is 31.2 Å². The summed E-state index contributed by atoms with van der Waals surface area (Å²) in [5.41, 5.74) is 1.11. The van der Waals surface area contributed by atoms with Gasteiger partial charge in [0.15, 0.2) is 0 Å². The van der Waals surface area contributed by atoms with Crippen molar-refractivity contribution in [3.63, 3.8) is 0 Å². The van der Waals surface area contributed by atoms with Crippen molar-refractivity contribution in [2.45, 2.75) is 19.9 Å². The first-order valence-corrected chi connectivity index (χ1v) is 6.87. The SMILES string of the molecule is CCNCc1cc(Cl)ccc1OCC1CCOC1. The molecule has 0 radical (unpaired) electrons. The molecule has 1 aromatic rings. The van der Waals surface area contributed by atoms with Crippen molar-refractivity contribution >= 4 is 11.6 Å². The third-order valence-corrected chi connectivity index (χ3v) is 3.32. The molecule has 2 rings (SSSR count). The molecular formula is C14H20ClNO2. The van der Waals surface area contributed by atoms with Crippen molar-refractivity contribution in [3.8, 4) is 5.75 Å². The Morgan fingerprint density at radius 3 is 3.11 bits per heavy atom. The summed E-state index contributed by atoms with van der Waals surface area (Å²) in [6.45, 7) is 6.20. The third-order valence-electron chi connectivity index (χ3n) is 3.09. The summed E-state index contributed by atoms with van der Waals surface area (Å²) in [7, 11) is 0. The number of halogens is 1. The molecule has 0 aliphatic carbocycles. The molecule has 3 nitrogen and oxygen atoms in total. The van der Waals surface area contributed by atoms with E-state index in [1.54, 1.807) is 0 Å². The van der Waals surface area contributed by atoms with Gasteiger partial charge in [0.05, 0.1) is 13.2 Å². The molecule has 1 fully saturated rings. The van der Waals surface area contributed by atoms with Crippen LogP contribution in [0.25, 0.3) is 0 Å². The highest BCUT2D eigenvalue weighted by Crippen LogP contribution is 2.24. The Bertz CT molecular complexity index is 378. The zero-order valence-corrected chi connectivity index (χ0v) is 11.5. The molecule has 1 N–H and O–H groups in total. The van der Waals surface area contributed by atoms with Crippen LogP contribution in [0.4, 0.5) is 0 Å². The van der Waals surface area contributed by atoms with Gasteiger partial charge < -0.3 is 14.8 Å². The van der Waals surface area contributed by atoms with E-state index in [1.807, 2.05) is 18.2 Å². The van der Waals surface area contributed by atoms with E-state index in [-0.39, 0.29) is 0 Å². The average Bonchev–Trinajstić information content (AvgIpc) is 2.88. The molecule has 18 heavy (non-hydrogen) atoms. The van der Waals surface area contributed by atoms with Crippen molar-refractivity contribution < 1.29 is 9.47 Å². The normalized spacial score (nSPS) is 19.1. The summed E-state index contributed by atoms with van der Waals surface area (Å²) in [5, 5.41) is 4.05. The first-order chi connectivity index (χ1) is 8.79. The fraction of sp³-hybridized carbons (Fsp3) is 0.571.